The summed E-state index contributed by atoms with van der Waals surface area (Å²) in [6, 6.07) is 7.09. The van der Waals surface area contributed by atoms with Gasteiger partial charge in [-0.15, -0.1) is 0 Å². The molecule has 1 fully saturated rings. The summed E-state index contributed by atoms with van der Waals surface area (Å²) in [7, 11) is 1.64. The molecule has 1 heterocycles. The first kappa shape index (κ1) is 15.2. The number of hydrogen-bond acceptors (Lipinski definition) is 4. The summed E-state index contributed by atoms with van der Waals surface area (Å²) in [4.78, 5) is 25.4. The molecule has 3 N–H and O–H groups in total. The van der Waals surface area contributed by atoms with E-state index >= 15 is 0 Å². The normalized spacial score (nSPS) is 15.6. The Hall–Kier alpha value is -2.24. The summed E-state index contributed by atoms with van der Waals surface area (Å²) in [5, 5.41) is 2.65. The largest absolute Gasteiger partial charge is 0.482 e. The lowest BCUT2D eigenvalue weighted by Crippen LogP contribution is -2.44. The van der Waals surface area contributed by atoms with Gasteiger partial charge in [0.2, 0.25) is 5.91 Å². The van der Waals surface area contributed by atoms with Crippen molar-refractivity contribution in [2.45, 2.75) is 12.8 Å². The number of nitrogen functional groups attached to an aromatic ring is 1. The molecule has 0 atom stereocenters. The Kier molecular flexibility index (Phi) is 5.03. The number of amides is 2. The topological polar surface area (TPSA) is 84.7 Å². The quantitative estimate of drug-likeness (QED) is 0.797. The molecule has 0 saturated carbocycles. The SMILES string of the molecule is CNC(=O)C1CCN(C(=O)COc2ccccc2N)CC1. The molecule has 1 aliphatic heterocycles. The Morgan fingerprint density at radius 1 is 1.33 bits per heavy atom. The van der Waals surface area contributed by atoms with E-state index in [2.05, 4.69) is 5.32 Å². The van der Waals surface area contributed by atoms with Gasteiger partial charge in [-0.1, -0.05) is 12.1 Å². The van der Waals surface area contributed by atoms with Crippen LogP contribution in [-0.2, 0) is 9.59 Å². The Morgan fingerprint density at radius 3 is 2.62 bits per heavy atom. The third-order valence-electron chi connectivity index (χ3n) is 3.74. The fourth-order valence-corrected chi connectivity index (χ4v) is 2.44. The third-order valence-corrected chi connectivity index (χ3v) is 3.74. The summed E-state index contributed by atoms with van der Waals surface area (Å²) in [6.07, 6.45) is 1.39. The van der Waals surface area contributed by atoms with Gasteiger partial charge in [-0.2, -0.15) is 0 Å². The van der Waals surface area contributed by atoms with Gasteiger partial charge in [-0.25, -0.2) is 0 Å². The molecule has 1 aliphatic rings. The molecule has 1 aromatic rings. The molecule has 0 bridgehead atoms. The lowest BCUT2D eigenvalue weighted by atomic mass is 9.96. The number of para-hydroxylation sites is 2. The second kappa shape index (κ2) is 6.97. The Balaban J connectivity index is 1.80. The maximum atomic E-state index is 12.1. The van der Waals surface area contributed by atoms with Crippen molar-refractivity contribution in [2.24, 2.45) is 5.92 Å². The van der Waals surface area contributed by atoms with Crippen LogP contribution in [-0.4, -0.2) is 43.5 Å². The molecule has 6 heteroatoms. The zero-order chi connectivity index (χ0) is 15.2. The number of hydrogen-bond donors (Lipinski definition) is 2. The molecule has 2 rings (SSSR count). The van der Waals surface area contributed by atoms with Gasteiger partial charge in [0, 0.05) is 26.1 Å². The van der Waals surface area contributed by atoms with E-state index in [-0.39, 0.29) is 24.3 Å². The van der Waals surface area contributed by atoms with Crippen LogP contribution >= 0.6 is 0 Å². The number of benzene rings is 1. The molecule has 6 nitrogen and oxygen atoms in total. The highest BCUT2D eigenvalue weighted by Crippen LogP contribution is 2.21. The van der Waals surface area contributed by atoms with E-state index in [0.717, 1.165) is 0 Å². The van der Waals surface area contributed by atoms with Crippen molar-refractivity contribution < 1.29 is 14.3 Å². The van der Waals surface area contributed by atoms with Crippen molar-refractivity contribution in [3.05, 3.63) is 24.3 Å². The van der Waals surface area contributed by atoms with Gasteiger partial charge in [-0.05, 0) is 25.0 Å². The predicted octanol–water partition coefficient (Wildman–Crippen LogP) is 0.632. The van der Waals surface area contributed by atoms with Crippen molar-refractivity contribution in [2.75, 3.05) is 32.5 Å². The summed E-state index contributed by atoms with van der Waals surface area (Å²) in [5.41, 5.74) is 6.27. The van der Waals surface area contributed by atoms with Crippen molar-refractivity contribution in [1.29, 1.82) is 0 Å². The third kappa shape index (κ3) is 3.87. The average Bonchev–Trinajstić information content (AvgIpc) is 2.53. The minimum absolute atomic E-state index is 0.00439. The summed E-state index contributed by atoms with van der Waals surface area (Å²) in [6.45, 7) is 1.15. The van der Waals surface area contributed by atoms with E-state index in [1.165, 1.54) is 0 Å². The lowest BCUT2D eigenvalue weighted by molar-refractivity contribution is -0.137. The molecule has 0 aromatic heterocycles. The van der Waals surface area contributed by atoms with E-state index in [9.17, 15) is 9.59 Å². The predicted molar refractivity (Wildman–Crippen MR) is 79.7 cm³/mol. The number of carbonyl (C=O) groups is 2. The minimum Gasteiger partial charge on any atom is -0.482 e. The molecule has 21 heavy (non-hydrogen) atoms. The van der Waals surface area contributed by atoms with E-state index in [1.807, 2.05) is 12.1 Å². The monoisotopic (exact) mass is 291 g/mol. The first-order valence-electron chi connectivity index (χ1n) is 7.08. The molecule has 114 valence electrons. The summed E-state index contributed by atoms with van der Waals surface area (Å²) < 4.78 is 5.45. The number of anilines is 1. The van der Waals surface area contributed by atoms with E-state index in [0.29, 0.717) is 37.4 Å². The zero-order valence-corrected chi connectivity index (χ0v) is 12.2. The van der Waals surface area contributed by atoms with Crippen molar-refractivity contribution >= 4 is 17.5 Å². The number of nitrogens with one attached hydrogen (secondary N) is 1. The molecule has 0 spiro atoms. The number of carbonyl (C=O) groups excluding carboxylic acids is 2. The van der Waals surface area contributed by atoms with Gasteiger partial charge in [0.1, 0.15) is 5.75 Å². The van der Waals surface area contributed by atoms with Gasteiger partial charge in [0.05, 0.1) is 5.69 Å². The Labute approximate surface area is 124 Å². The van der Waals surface area contributed by atoms with Crippen LogP contribution in [0.1, 0.15) is 12.8 Å². The molecule has 0 aliphatic carbocycles. The Bertz CT molecular complexity index is 511. The van der Waals surface area contributed by atoms with Crippen molar-refractivity contribution in [1.82, 2.24) is 10.2 Å². The number of ether oxygens (including phenoxy) is 1. The molecule has 0 radical (unpaired) electrons. The van der Waals surface area contributed by atoms with Crippen molar-refractivity contribution in [3.8, 4) is 5.75 Å². The number of nitrogens with two attached hydrogens (primary N) is 1. The summed E-state index contributed by atoms with van der Waals surface area (Å²) in [5.74, 6) is 0.500. The molecule has 1 saturated heterocycles. The molecule has 2 amide bonds. The fourth-order valence-electron chi connectivity index (χ4n) is 2.44. The number of piperidine rings is 1. The van der Waals surface area contributed by atoms with Crippen LogP contribution in [0, 0.1) is 5.92 Å². The second-order valence-electron chi connectivity index (χ2n) is 5.10. The van der Waals surface area contributed by atoms with E-state index in [4.69, 9.17) is 10.5 Å². The van der Waals surface area contributed by atoms with Crippen LogP contribution in [0.15, 0.2) is 24.3 Å². The zero-order valence-electron chi connectivity index (χ0n) is 12.2. The van der Waals surface area contributed by atoms with Gasteiger partial charge in [-0.3, -0.25) is 9.59 Å². The van der Waals surface area contributed by atoms with E-state index in [1.54, 1.807) is 24.1 Å². The van der Waals surface area contributed by atoms with Gasteiger partial charge < -0.3 is 20.7 Å². The molecule has 1 aromatic carbocycles. The minimum atomic E-state index is -0.0754. The van der Waals surface area contributed by atoms with Crippen LogP contribution in [0.2, 0.25) is 0 Å². The van der Waals surface area contributed by atoms with Crippen LogP contribution in [0.5, 0.6) is 5.75 Å². The van der Waals surface area contributed by atoms with Gasteiger partial charge >= 0.3 is 0 Å². The second-order valence-corrected chi connectivity index (χ2v) is 5.10. The lowest BCUT2D eigenvalue weighted by Gasteiger charge is -2.31. The van der Waals surface area contributed by atoms with E-state index < -0.39 is 0 Å². The number of rotatable bonds is 4. The summed E-state index contributed by atoms with van der Waals surface area (Å²) >= 11 is 0. The van der Waals surface area contributed by atoms with Crippen LogP contribution < -0.4 is 15.8 Å². The maximum Gasteiger partial charge on any atom is 0.260 e. The van der Waals surface area contributed by atoms with Crippen LogP contribution in [0.4, 0.5) is 5.69 Å². The standard InChI is InChI=1S/C15H21N3O3/c1-17-15(20)11-6-8-18(9-7-11)14(19)10-21-13-5-3-2-4-12(13)16/h2-5,11H,6-10,16H2,1H3,(H,17,20). The van der Waals surface area contributed by atoms with Gasteiger partial charge in [0.25, 0.3) is 5.91 Å². The molecular weight excluding hydrogens is 270 g/mol. The van der Waals surface area contributed by atoms with Crippen molar-refractivity contribution in [3.63, 3.8) is 0 Å². The number of nitrogens with zero attached hydrogens (tertiary/aromatic N) is 1. The number of likely N-dealkylation sites (tertiary alicyclic amines) is 1. The highest BCUT2D eigenvalue weighted by Gasteiger charge is 2.26. The fraction of sp³-hybridized carbons (Fsp3) is 0.467. The highest BCUT2D eigenvalue weighted by molar-refractivity contribution is 5.80. The first-order chi connectivity index (χ1) is 10.1. The smallest absolute Gasteiger partial charge is 0.260 e. The maximum absolute atomic E-state index is 12.1. The Morgan fingerprint density at radius 2 is 2.00 bits per heavy atom. The average molecular weight is 291 g/mol. The first-order valence-corrected chi connectivity index (χ1v) is 7.08. The van der Waals surface area contributed by atoms with Crippen LogP contribution in [0.25, 0.3) is 0 Å². The van der Waals surface area contributed by atoms with Gasteiger partial charge in [0.15, 0.2) is 6.61 Å². The molecule has 0 unspecified atom stereocenters. The molecular formula is C15H21N3O3. The highest BCUT2D eigenvalue weighted by atomic mass is 16.5. The van der Waals surface area contributed by atoms with Crippen LogP contribution in [0.3, 0.4) is 0 Å².